The van der Waals surface area contributed by atoms with E-state index in [0.717, 1.165) is 57.2 Å². The molecular weight excluding hydrogens is 524 g/mol. The van der Waals surface area contributed by atoms with Gasteiger partial charge in [0.15, 0.2) is 5.96 Å². The van der Waals surface area contributed by atoms with E-state index in [4.69, 9.17) is 19.6 Å². The van der Waals surface area contributed by atoms with Crippen LogP contribution in [0.2, 0.25) is 0 Å². The van der Waals surface area contributed by atoms with E-state index < -0.39 is 18.1 Å². The highest BCUT2D eigenvalue weighted by Gasteiger charge is 2.38. The number of rotatable bonds is 6. The Morgan fingerprint density at radius 1 is 1.05 bits per heavy atom. The third-order valence-electron chi connectivity index (χ3n) is 6.04. The second kappa shape index (κ2) is 13.9. The van der Waals surface area contributed by atoms with E-state index in [9.17, 15) is 27.5 Å². The first kappa shape index (κ1) is 29.8. The van der Waals surface area contributed by atoms with Gasteiger partial charge >= 0.3 is 18.1 Å². The van der Waals surface area contributed by atoms with Gasteiger partial charge in [0.25, 0.3) is 0 Å². The van der Waals surface area contributed by atoms with Crippen LogP contribution in [0.5, 0.6) is 0 Å². The molecule has 4 rings (SSSR count). The second-order valence-electron chi connectivity index (χ2n) is 9.01. The van der Waals surface area contributed by atoms with Crippen LogP contribution in [0.1, 0.15) is 28.8 Å². The van der Waals surface area contributed by atoms with E-state index >= 15 is 0 Å². The molecular formula is C26H30F4N4O5. The number of benzene rings is 2. The summed E-state index contributed by atoms with van der Waals surface area (Å²) in [7, 11) is 0. The molecule has 2 aliphatic rings. The third kappa shape index (κ3) is 9.84. The van der Waals surface area contributed by atoms with Gasteiger partial charge < -0.3 is 25.2 Å². The van der Waals surface area contributed by atoms with E-state index in [1.165, 1.54) is 6.07 Å². The van der Waals surface area contributed by atoms with Crippen molar-refractivity contribution in [2.75, 3.05) is 44.6 Å². The Balaban J connectivity index is 0.000000532. The molecule has 2 aromatic rings. The number of aliphatic carboxylic acids is 1. The number of carbonyl (C=O) groups is 2. The van der Waals surface area contributed by atoms with Crippen molar-refractivity contribution in [1.29, 1.82) is 0 Å². The van der Waals surface area contributed by atoms with Crippen LogP contribution in [-0.4, -0.2) is 89.5 Å². The first-order chi connectivity index (χ1) is 18.5. The second-order valence-corrected chi connectivity index (χ2v) is 9.01. The Kier molecular flexibility index (Phi) is 10.6. The van der Waals surface area contributed by atoms with E-state index in [1.807, 2.05) is 12.1 Å². The topological polar surface area (TPSA) is 115 Å². The smallest absolute Gasteiger partial charge is 0.478 e. The van der Waals surface area contributed by atoms with Gasteiger partial charge in [0.1, 0.15) is 5.82 Å². The molecule has 2 heterocycles. The van der Waals surface area contributed by atoms with Crippen molar-refractivity contribution >= 4 is 23.6 Å². The molecule has 0 radical (unpaired) electrons. The number of piperazine rings is 1. The molecule has 212 valence electrons. The van der Waals surface area contributed by atoms with Gasteiger partial charge in [-0.05, 0) is 48.7 Å². The number of aliphatic imine (C=N–C) groups is 1. The number of alkyl halides is 3. The first-order valence-corrected chi connectivity index (χ1v) is 12.3. The fraction of sp³-hybridized carbons (Fsp3) is 0.423. The molecule has 2 fully saturated rings. The Labute approximate surface area is 222 Å². The van der Waals surface area contributed by atoms with Crippen LogP contribution in [0.3, 0.4) is 0 Å². The van der Waals surface area contributed by atoms with Crippen LogP contribution in [0, 0.1) is 5.82 Å². The number of halogens is 4. The Bertz CT molecular complexity index is 1150. The molecule has 0 aromatic heterocycles. The van der Waals surface area contributed by atoms with E-state index in [2.05, 4.69) is 15.1 Å². The number of ether oxygens (including phenoxy) is 1. The highest BCUT2D eigenvalue weighted by Crippen LogP contribution is 2.16. The van der Waals surface area contributed by atoms with Crippen molar-refractivity contribution in [2.24, 2.45) is 4.99 Å². The maximum absolute atomic E-state index is 13.5. The maximum Gasteiger partial charge on any atom is 0.490 e. The summed E-state index contributed by atoms with van der Waals surface area (Å²) in [5.41, 5.74) is 1.89. The highest BCUT2D eigenvalue weighted by molar-refractivity contribution is 5.95. The number of aromatic carboxylic acids is 1. The fourth-order valence-corrected chi connectivity index (χ4v) is 4.07. The van der Waals surface area contributed by atoms with E-state index in [0.29, 0.717) is 18.8 Å². The Morgan fingerprint density at radius 2 is 1.74 bits per heavy atom. The minimum absolute atomic E-state index is 0.131. The number of guanidine groups is 1. The molecule has 0 bridgehead atoms. The zero-order valence-electron chi connectivity index (χ0n) is 21.0. The van der Waals surface area contributed by atoms with Gasteiger partial charge in [-0.2, -0.15) is 13.2 Å². The number of hydrogen-bond acceptors (Lipinski definition) is 5. The highest BCUT2D eigenvalue weighted by atomic mass is 19.4. The summed E-state index contributed by atoms with van der Waals surface area (Å²) in [6.45, 7) is 5.25. The zero-order valence-corrected chi connectivity index (χ0v) is 21.0. The number of carboxylic acid groups (broad SMARTS) is 2. The van der Waals surface area contributed by atoms with Crippen LogP contribution < -0.4 is 5.32 Å². The predicted molar refractivity (Wildman–Crippen MR) is 135 cm³/mol. The van der Waals surface area contributed by atoms with Crippen molar-refractivity contribution in [3.8, 4) is 0 Å². The monoisotopic (exact) mass is 554 g/mol. The number of carboxylic acids is 2. The zero-order chi connectivity index (χ0) is 28.4. The van der Waals surface area contributed by atoms with Gasteiger partial charge in [-0.1, -0.05) is 18.2 Å². The molecule has 1 atom stereocenters. The largest absolute Gasteiger partial charge is 0.490 e. The summed E-state index contributed by atoms with van der Waals surface area (Å²) in [4.78, 5) is 29.5. The third-order valence-corrected chi connectivity index (χ3v) is 6.04. The lowest BCUT2D eigenvalue weighted by Crippen LogP contribution is -2.50. The summed E-state index contributed by atoms with van der Waals surface area (Å²) >= 11 is 0. The molecule has 0 saturated carbocycles. The minimum Gasteiger partial charge on any atom is -0.478 e. The van der Waals surface area contributed by atoms with Gasteiger partial charge in [0.05, 0.1) is 18.2 Å². The Hall–Kier alpha value is -3.71. The van der Waals surface area contributed by atoms with E-state index in [1.54, 1.807) is 30.3 Å². The van der Waals surface area contributed by atoms with Crippen molar-refractivity contribution < 1.29 is 42.1 Å². The van der Waals surface area contributed by atoms with Crippen LogP contribution in [0.25, 0.3) is 0 Å². The summed E-state index contributed by atoms with van der Waals surface area (Å²) in [5.74, 6) is -3.20. The molecule has 0 amide bonds. The molecule has 13 heteroatoms. The van der Waals surface area contributed by atoms with Gasteiger partial charge in [0.2, 0.25) is 0 Å². The lowest BCUT2D eigenvalue weighted by atomic mass is 10.2. The van der Waals surface area contributed by atoms with Gasteiger partial charge in [-0.25, -0.2) is 14.0 Å². The average Bonchev–Trinajstić information content (AvgIpc) is 3.41. The number of nitrogens with zero attached hydrogens (tertiary/aromatic N) is 3. The van der Waals surface area contributed by atoms with Gasteiger partial charge in [0, 0.05) is 45.0 Å². The van der Waals surface area contributed by atoms with Crippen LogP contribution in [0.4, 0.5) is 23.2 Å². The van der Waals surface area contributed by atoms with Crippen molar-refractivity contribution in [3.05, 3.63) is 65.5 Å². The summed E-state index contributed by atoms with van der Waals surface area (Å²) < 4.78 is 50.9. The minimum atomic E-state index is -5.08. The van der Waals surface area contributed by atoms with Gasteiger partial charge in [-0.3, -0.25) is 9.89 Å². The van der Waals surface area contributed by atoms with Gasteiger partial charge in [-0.15, -0.1) is 0 Å². The SMILES string of the molecule is O=C(O)C(F)(F)F.O=C(O)c1cccc(NC(=NCC2CCCO2)N2CCN(Cc3cccc(F)c3)CC2)c1. The number of anilines is 1. The molecule has 0 aliphatic carbocycles. The Morgan fingerprint density at radius 3 is 2.33 bits per heavy atom. The molecule has 1 unspecified atom stereocenters. The lowest BCUT2D eigenvalue weighted by Gasteiger charge is -2.36. The van der Waals surface area contributed by atoms with Crippen molar-refractivity contribution in [2.45, 2.75) is 31.7 Å². The molecule has 9 nitrogen and oxygen atoms in total. The molecule has 39 heavy (non-hydrogen) atoms. The molecule has 2 saturated heterocycles. The lowest BCUT2D eigenvalue weighted by molar-refractivity contribution is -0.192. The summed E-state index contributed by atoms with van der Waals surface area (Å²) in [6, 6.07) is 13.5. The van der Waals surface area contributed by atoms with Crippen molar-refractivity contribution in [3.63, 3.8) is 0 Å². The molecule has 3 N–H and O–H groups in total. The standard InChI is InChI=1S/C24H29FN4O3.C2HF3O2/c25-20-6-1-4-18(14-20)17-28-9-11-29(12-10-28)24(26-16-22-8-3-13-32-22)27-21-7-2-5-19(15-21)23(30)31;3-2(4,5)1(6)7/h1-2,4-7,14-15,22H,3,8-13,16-17H2,(H,26,27)(H,30,31);(H,6,7). The first-order valence-electron chi connectivity index (χ1n) is 12.3. The van der Waals surface area contributed by atoms with E-state index in [-0.39, 0.29) is 17.5 Å². The quantitative estimate of drug-likeness (QED) is 0.280. The average molecular weight is 555 g/mol. The molecule has 2 aromatic carbocycles. The van der Waals surface area contributed by atoms with Crippen LogP contribution in [0.15, 0.2) is 53.5 Å². The maximum atomic E-state index is 13.5. The summed E-state index contributed by atoms with van der Waals surface area (Å²) in [5, 5.41) is 19.7. The van der Waals surface area contributed by atoms with Crippen molar-refractivity contribution in [1.82, 2.24) is 9.80 Å². The summed E-state index contributed by atoms with van der Waals surface area (Å²) in [6.07, 6.45) is -2.89. The van der Waals surface area contributed by atoms with Crippen LogP contribution in [-0.2, 0) is 16.1 Å². The predicted octanol–water partition coefficient (Wildman–Crippen LogP) is 3.92. The normalized spacial score (nSPS) is 18.3. The van der Waals surface area contributed by atoms with Crippen LogP contribution >= 0.6 is 0 Å². The number of nitrogens with one attached hydrogen (secondary N) is 1. The fourth-order valence-electron chi connectivity index (χ4n) is 4.07. The molecule has 0 spiro atoms. The molecule has 2 aliphatic heterocycles. The number of hydrogen-bond donors (Lipinski definition) is 3.